The van der Waals surface area contributed by atoms with Crippen LogP contribution in [0.1, 0.15) is 23.3 Å². The van der Waals surface area contributed by atoms with E-state index in [2.05, 4.69) is 21.9 Å². The second-order valence-electron chi connectivity index (χ2n) is 8.54. The molecule has 0 bridgehead atoms. The summed E-state index contributed by atoms with van der Waals surface area (Å²) in [6.07, 6.45) is 3.45. The van der Waals surface area contributed by atoms with E-state index >= 15 is 0 Å². The third-order valence-corrected chi connectivity index (χ3v) is 6.55. The predicted octanol–water partition coefficient (Wildman–Crippen LogP) is 3.32. The number of halogens is 1. The van der Waals surface area contributed by atoms with E-state index in [0.717, 1.165) is 30.3 Å². The van der Waals surface area contributed by atoms with E-state index in [9.17, 15) is 9.18 Å². The van der Waals surface area contributed by atoms with Crippen LogP contribution >= 0.6 is 0 Å². The van der Waals surface area contributed by atoms with Crippen molar-refractivity contribution < 1.29 is 13.9 Å². The Morgan fingerprint density at radius 2 is 2.13 bits per heavy atom. The number of H-pyrrole nitrogens is 1. The summed E-state index contributed by atoms with van der Waals surface area (Å²) in [7, 11) is 2.13. The zero-order chi connectivity index (χ0) is 20.7. The average molecular weight is 408 g/mol. The summed E-state index contributed by atoms with van der Waals surface area (Å²) in [4.78, 5) is 24.4. The number of likely N-dealkylation sites (N-methyl/N-ethyl adjacent to an activating group) is 1. The Kier molecular flexibility index (Phi) is 4.70. The predicted molar refractivity (Wildman–Crippen MR) is 112 cm³/mol. The number of aromatic nitrogens is 2. The number of carbonyl (C=O) groups excluding carboxylic acids is 1. The minimum atomic E-state index is -0.432. The highest BCUT2D eigenvalue weighted by molar-refractivity contribution is 5.98. The van der Waals surface area contributed by atoms with Crippen LogP contribution in [0.2, 0.25) is 0 Å². The second kappa shape index (κ2) is 7.40. The Morgan fingerprint density at radius 1 is 1.30 bits per heavy atom. The Labute approximate surface area is 174 Å². The zero-order valence-electron chi connectivity index (χ0n) is 17.0. The Balaban J connectivity index is 1.23. The molecule has 2 aromatic heterocycles. The lowest BCUT2D eigenvalue weighted by Crippen LogP contribution is -2.72. The van der Waals surface area contributed by atoms with Crippen LogP contribution in [-0.4, -0.2) is 64.5 Å². The van der Waals surface area contributed by atoms with Gasteiger partial charge < -0.3 is 14.6 Å². The van der Waals surface area contributed by atoms with Crippen LogP contribution in [-0.2, 0) is 0 Å². The Hall–Kier alpha value is -2.93. The van der Waals surface area contributed by atoms with Gasteiger partial charge in [-0.25, -0.2) is 9.37 Å². The van der Waals surface area contributed by atoms with Gasteiger partial charge in [0.2, 0.25) is 5.88 Å². The number of rotatable bonds is 4. The number of hydrogen-bond donors (Lipinski definition) is 1. The fourth-order valence-corrected chi connectivity index (χ4v) is 4.76. The Bertz CT molecular complexity index is 1040. The van der Waals surface area contributed by atoms with Crippen LogP contribution in [0.3, 0.4) is 0 Å². The van der Waals surface area contributed by atoms with Crippen molar-refractivity contribution in [2.75, 3.05) is 33.3 Å². The summed E-state index contributed by atoms with van der Waals surface area (Å²) in [5.74, 6) is -0.0133. The quantitative estimate of drug-likeness (QED) is 0.720. The minimum absolute atomic E-state index is 0.0311. The SMILES string of the molecule is CN1CC[C@@H](COc2ncccc2F)CC12CN(C(=O)c1cc3ccccc3[nH]1)C2. The molecule has 4 heterocycles. The van der Waals surface area contributed by atoms with Gasteiger partial charge in [0, 0.05) is 30.2 Å². The van der Waals surface area contributed by atoms with Gasteiger partial charge in [-0.2, -0.15) is 0 Å². The van der Waals surface area contributed by atoms with Gasteiger partial charge in [0.05, 0.1) is 12.1 Å². The number of aromatic amines is 1. The average Bonchev–Trinajstić information content (AvgIpc) is 3.16. The molecule has 6 nitrogen and oxygen atoms in total. The number of amides is 1. The number of nitrogens with zero attached hydrogens (tertiary/aromatic N) is 3. The molecule has 1 aromatic carbocycles. The van der Waals surface area contributed by atoms with Crippen molar-refractivity contribution in [1.29, 1.82) is 0 Å². The number of ether oxygens (including phenoxy) is 1. The molecular formula is C23H25FN4O2. The standard InChI is InChI=1S/C23H25FN4O2/c1-27-10-8-16(13-30-21-18(24)6-4-9-25-21)12-23(27)14-28(15-23)22(29)20-11-17-5-2-3-7-19(17)26-20/h2-7,9,11,16,26H,8,10,12-15H2,1H3/t16-/m1/s1. The largest absolute Gasteiger partial charge is 0.475 e. The molecule has 1 N–H and O–H groups in total. The van der Waals surface area contributed by atoms with Gasteiger partial charge in [-0.1, -0.05) is 18.2 Å². The molecule has 2 aliphatic heterocycles. The molecule has 2 saturated heterocycles. The lowest BCUT2D eigenvalue weighted by molar-refractivity contribution is -0.0698. The number of carbonyl (C=O) groups is 1. The molecule has 1 atom stereocenters. The highest BCUT2D eigenvalue weighted by Crippen LogP contribution is 2.39. The summed E-state index contributed by atoms with van der Waals surface area (Å²) in [5.41, 5.74) is 1.58. The molecule has 30 heavy (non-hydrogen) atoms. The van der Waals surface area contributed by atoms with Crippen molar-refractivity contribution in [3.63, 3.8) is 0 Å². The molecule has 0 aliphatic carbocycles. The first-order valence-corrected chi connectivity index (χ1v) is 10.4. The molecule has 2 fully saturated rings. The van der Waals surface area contributed by atoms with Crippen LogP contribution in [0, 0.1) is 11.7 Å². The minimum Gasteiger partial charge on any atom is -0.475 e. The monoisotopic (exact) mass is 408 g/mol. The normalized spacial score (nSPS) is 21.0. The van der Waals surface area contributed by atoms with E-state index in [1.807, 2.05) is 35.2 Å². The zero-order valence-corrected chi connectivity index (χ0v) is 17.0. The van der Waals surface area contributed by atoms with Crippen LogP contribution in [0.5, 0.6) is 5.88 Å². The molecule has 0 radical (unpaired) electrons. The van der Waals surface area contributed by atoms with E-state index < -0.39 is 5.82 Å². The van der Waals surface area contributed by atoms with Crippen molar-refractivity contribution in [1.82, 2.24) is 19.8 Å². The van der Waals surface area contributed by atoms with Crippen molar-refractivity contribution in [2.24, 2.45) is 5.92 Å². The number of likely N-dealkylation sites (tertiary alicyclic amines) is 2. The van der Waals surface area contributed by atoms with Crippen LogP contribution in [0.4, 0.5) is 4.39 Å². The van der Waals surface area contributed by atoms with Gasteiger partial charge in [-0.05, 0) is 56.6 Å². The topological polar surface area (TPSA) is 61.5 Å². The maximum Gasteiger partial charge on any atom is 0.270 e. The number of benzene rings is 1. The van der Waals surface area contributed by atoms with E-state index in [4.69, 9.17) is 4.74 Å². The van der Waals surface area contributed by atoms with E-state index in [0.29, 0.717) is 31.3 Å². The van der Waals surface area contributed by atoms with E-state index in [1.165, 1.54) is 12.3 Å². The smallest absolute Gasteiger partial charge is 0.270 e. The van der Waals surface area contributed by atoms with Crippen LogP contribution in [0.25, 0.3) is 10.9 Å². The summed E-state index contributed by atoms with van der Waals surface area (Å²) in [5, 5.41) is 1.05. The molecule has 7 heteroatoms. The number of hydrogen-bond acceptors (Lipinski definition) is 4. The molecule has 2 aliphatic rings. The fourth-order valence-electron chi connectivity index (χ4n) is 4.76. The summed E-state index contributed by atoms with van der Waals surface area (Å²) < 4.78 is 19.4. The van der Waals surface area contributed by atoms with Crippen LogP contribution < -0.4 is 4.74 Å². The van der Waals surface area contributed by atoms with Gasteiger partial charge >= 0.3 is 0 Å². The first-order valence-electron chi connectivity index (χ1n) is 10.4. The molecule has 156 valence electrons. The van der Waals surface area contributed by atoms with Gasteiger partial charge in [0.15, 0.2) is 5.82 Å². The fraction of sp³-hybridized carbons (Fsp3) is 0.391. The van der Waals surface area contributed by atoms with Crippen molar-refractivity contribution >= 4 is 16.8 Å². The molecule has 0 saturated carbocycles. The summed E-state index contributed by atoms with van der Waals surface area (Å²) >= 11 is 0. The molecule has 3 aromatic rings. The molecule has 5 rings (SSSR count). The maximum atomic E-state index is 13.8. The lowest BCUT2D eigenvalue weighted by Gasteiger charge is -2.58. The first-order chi connectivity index (χ1) is 14.5. The second-order valence-corrected chi connectivity index (χ2v) is 8.54. The van der Waals surface area contributed by atoms with Gasteiger partial charge in [0.25, 0.3) is 5.91 Å². The van der Waals surface area contributed by atoms with Crippen molar-refractivity contribution in [2.45, 2.75) is 18.4 Å². The number of nitrogens with one attached hydrogen (secondary N) is 1. The van der Waals surface area contributed by atoms with Crippen molar-refractivity contribution in [3.05, 3.63) is 60.2 Å². The maximum absolute atomic E-state index is 13.8. The van der Waals surface area contributed by atoms with Gasteiger partial charge in [-0.3, -0.25) is 9.69 Å². The first kappa shape index (κ1) is 19.1. The van der Waals surface area contributed by atoms with Gasteiger partial charge in [-0.15, -0.1) is 0 Å². The third kappa shape index (κ3) is 3.33. The summed E-state index contributed by atoms with van der Waals surface area (Å²) in [6.45, 7) is 2.78. The molecule has 1 amide bonds. The van der Waals surface area contributed by atoms with E-state index in [1.54, 1.807) is 6.07 Å². The van der Waals surface area contributed by atoms with Gasteiger partial charge in [0.1, 0.15) is 5.69 Å². The lowest BCUT2D eigenvalue weighted by atomic mass is 9.75. The highest BCUT2D eigenvalue weighted by atomic mass is 19.1. The van der Waals surface area contributed by atoms with Crippen molar-refractivity contribution in [3.8, 4) is 5.88 Å². The Morgan fingerprint density at radius 3 is 2.93 bits per heavy atom. The van der Waals surface area contributed by atoms with E-state index in [-0.39, 0.29) is 17.3 Å². The molecule has 1 spiro atoms. The summed E-state index contributed by atoms with van der Waals surface area (Å²) in [6, 6.07) is 12.8. The number of pyridine rings is 1. The molecular weight excluding hydrogens is 383 g/mol. The number of para-hydroxylation sites is 1. The number of fused-ring (bicyclic) bond motifs is 1. The van der Waals surface area contributed by atoms with Crippen LogP contribution in [0.15, 0.2) is 48.7 Å². The third-order valence-electron chi connectivity index (χ3n) is 6.55. The highest BCUT2D eigenvalue weighted by Gasteiger charge is 2.51. The number of piperidine rings is 1. The molecule has 0 unspecified atom stereocenters.